The van der Waals surface area contributed by atoms with Gasteiger partial charge >= 0.3 is 0 Å². The molecule has 1 amide bonds. The third-order valence-electron chi connectivity index (χ3n) is 2.93. The van der Waals surface area contributed by atoms with Crippen LogP contribution >= 0.6 is 15.9 Å². The molecule has 2 aromatic rings. The highest BCUT2D eigenvalue weighted by atomic mass is 79.9. The van der Waals surface area contributed by atoms with Crippen molar-refractivity contribution < 1.29 is 4.79 Å². The molecule has 0 bridgehead atoms. The molecule has 84 valence electrons. The van der Waals surface area contributed by atoms with Crippen LogP contribution < -0.4 is 5.32 Å². The highest BCUT2D eigenvalue weighted by Gasteiger charge is 2.20. The average molecular weight is 290 g/mol. The number of benzene rings is 1. The minimum absolute atomic E-state index is 0.0575. The molecule has 0 atom stereocenters. The molecule has 1 aliphatic heterocycles. The summed E-state index contributed by atoms with van der Waals surface area (Å²) in [5, 5.41) is 12.6. The molecule has 0 saturated heterocycles. The van der Waals surface area contributed by atoms with E-state index in [2.05, 4.69) is 27.3 Å². The zero-order valence-electron chi connectivity index (χ0n) is 8.83. The van der Waals surface area contributed by atoms with Crippen molar-refractivity contribution in [2.45, 2.75) is 6.54 Å². The lowest BCUT2D eigenvalue weighted by Gasteiger charge is -2.16. The third-order valence-corrected chi connectivity index (χ3v) is 3.53. The van der Waals surface area contributed by atoms with Crippen molar-refractivity contribution in [3.8, 4) is 6.07 Å². The van der Waals surface area contributed by atoms with Crippen molar-refractivity contribution in [2.75, 3.05) is 6.54 Å². The number of hydrogen-bond donors (Lipinski definition) is 1. The molecule has 0 spiro atoms. The minimum atomic E-state index is -0.0575. The molecule has 1 aliphatic rings. The molecule has 3 rings (SSSR count). The normalized spacial score (nSPS) is 14.2. The van der Waals surface area contributed by atoms with E-state index in [0.717, 1.165) is 21.9 Å². The Kier molecular flexibility index (Phi) is 2.20. The van der Waals surface area contributed by atoms with Gasteiger partial charge in [0, 0.05) is 22.9 Å². The number of nitrogens with one attached hydrogen (secondary N) is 1. The van der Waals surface area contributed by atoms with Crippen LogP contribution in [0.15, 0.2) is 22.7 Å². The standard InChI is InChI=1S/C12H8BrN3O/c13-9-4-7(6-14)3-8-5-10-12(17)15-1-2-16(10)11(8)9/h3-5H,1-2H2,(H,15,17). The number of carbonyl (C=O) groups is 1. The van der Waals surface area contributed by atoms with Crippen molar-refractivity contribution in [2.24, 2.45) is 0 Å². The van der Waals surface area contributed by atoms with Crippen molar-refractivity contribution >= 4 is 32.7 Å². The van der Waals surface area contributed by atoms with Crippen LogP contribution in [0.25, 0.3) is 10.9 Å². The average Bonchev–Trinajstić information content (AvgIpc) is 2.69. The molecular weight excluding hydrogens is 282 g/mol. The van der Waals surface area contributed by atoms with Gasteiger partial charge < -0.3 is 9.88 Å². The molecule has 1 aromatic carbocycles. The van der Waals surface area contributed by atoms with Crippen LogP contribution in [0.5, 0.6) is 0 Å². The summed E-state index contributed by atoms with van der Waals surface area (Å²) < 4.78 is 2.84. The van der Waals surface area contributed by atoms with E-state index in [4.69, 9.17) is 5.26 Å². The number of nitrogens with zero attached hydrogens (tertiary/aromatic N) is 2. The first-order valence-electron chi connectivity index (χ1n) is 5.22. The van der Waals surface area contributed by atoms with Gasteiger partial charge in [-0.15, -0.1) is 0 Å². The molecule has 0 radical (unpaired) electrons. The maximum atomic E-state index is 11.7. The second kappa shape index (κ2) is 3.60. The number of carbonyl (C=O) groups excluding carboxylic acids is 1. The third kappa shape index (κ3) is 1.45. The van der Waals surface area contributed by atoms with Gasteiger partial charge in [-0.3, -0.25) is 4.79 Å². The molecule has 2 heterocycles. The van der Waals surface area contributed by atoms with Gasteiger partial charge in [0.2, 0.25) is 0 Å². The first kappa shape index (κ1) is 10.4. The van der Waals surface area contributed by atoms with E-state index in [1.807, 2.05) is 10.6 Å². The van der Waals surface area contributed by atoms with Gasteiger partial charge in [-0.25, -0.2) is 0 Å². The van der Waals surface area contributed by atoms with Crippen LogP contribution in [0.1, 0.15) is 16.1 Å². The summed E-state index contributed by atoms with van der Waals surface area (Å²) in [5.41, 5.74) is 2.23. The molecular formula is C12H8BrN3O. The van der Waals surface area contributed by atoms with Crippen LogP contribution in [0.3, 0.4) is 0 Å². The van der Waals surface area contributed by atoms with E-state index in [1.165, 1.54) is 0 Å². The number of halogens is 1. The van der Waals surface area contributed by atoms with Gasteiger partial charge in [-0.05, 0) is 34.1 Å². The minimum Gasteiger partial charge on any atom is -0.349 e. The molecule has 17 heavy (non-hydrogen) atoms. The van der Waals surface area contributed by atoms with Gasteiger partial charge in [0.05, 0.1) is 17.1 Å². The first-order valence-corrected chi connectivity index (χ1v) is 6.01. The van der Waals surface area contributed by atoms with Crippen LogP contribution in [0.4, 0.5) is 0 Å². The van der Waals surface area contributed by atoms with Crippen molar-refractivity contribution in [3.05, 3.63) is 33.9 Å². The summed E-state index contributed by atoms with van der Waals surface area (Å²) in [6, 6.07) is 7.52. The maximum absolute atomic E-state index is 11.7. The quantitative estimate of drug-likeness (QED) is 0.807. The summed E-state index contributed by atoms with van der Waals surface area (Å²) in [6.07, 6.45) is 0. The summed E-state index contributed by atoms with van der Waals surface area (Å²) in [6.45, 7) is 1.40. The molecule has 1 N–H and O–H groups in total. The Morgan fingerprint density at radius 3 is 3.00 bits per heavy atom. The van der Waals surface area contributed by atoms with E-state index < -0.39 is 0 Å². The molecule has 1 aromatic heterocycles. The number of nitriles is 1. The lowest BCUT2D eigenvalue weighted by Crippen LogP contribution is -2.34. The molecule has 0 unspecified atom stereocenters. The van der Waals surface area contributed by atoms with E-state index in [-0.39, 0.29) is 5.91 Å². The largest absolute Gasteiger partial charge is 0.349 e. The van der Waals surface area contributed by atoms with Crippen LogP contribution in [-0.4, -0.2) is 17.0 Å². The highest BCUT2D eigenvalue weighted by Crippen LogP contribution is 2.29. The number of aromatic nitrogens is 1. The number of fused-ring (bicyclic) bond motifs is 3. The predicted molar refractivity (Wildman–Crippen MR) is 66.7 cm³/mol. The number of amides is 1. The van der Waals surface area contributed by atoms with Crippen LogP contribution in [0, 0.1) is 11.3 Å². The summed E-state index contributed by atoms with van der Waals surface area (Å²) in [4.78, 5) is 11.7. The smallest absolute Gasteiger partial charge is 0.268 e. The van der Waals surface area contributed by atoms with Crippen molar-refractivity contribution in [1.82, 2.24) is 9.88 Å². The van der Waals surface area contributed by atoms with E-state index in [9.17, 15) is 4.79 Å². The Balaban J connectivity index is 2.39. The van der Waals surface area contributed by atoms with Gasteiger partial charge in [0.25, 0.3) is 5.91 Å². The Morgan fingerprint density at radius 1 is 1.41 bits per heavy atom. The van der Waals surface area contributed by atoms with Crippen LogP contribution in [-0.2, 0) is 6.54 Å². The van der Waals surface area contributed by atoms with E-state index in [0.29, 0.717) is 17.8 Å². The van der Waals surface area contributed by atoms with Gasteiger partial charge in [0.1, 0.15) is 5.69 Å². The van der Waals surface area contributed by atoms with E-state index >= 15 is 0 Å². The maximum Gasteiger partial charge on any atom is 0.268 e. The Bertz CT molecular complexity index is 681. The number of hydrogen-bond acceptors (Lipinski definition) is 2. The summed E-state index contributed by atoms with van der Waals surface area (Å²) in [5.74, 6) is -0.0575. The fraction of sp³-hybridized carbons (Fsp3) is 0.167. The predicted octanol–water partition coefficient (Wildman–Crippen LogP) is 2.02. The van der Waals surface area contributed by atoms with Gasteiger partial charge in [-0.1, -0.05) is 0 Å². The topological polar surface area (TPSA) is 57.8 Å². The summed E-state index contributed by atoms with van der Waals surface area (Å²) >= 11 is 3.46. The van der Waals surface area contributed by atoms with Crippen LogP contribution in [0.2, 0.25) is 0 Å². The SMILES string of the molecule is N#Cc1cc(Br)c2c(c1)cc1n2CCNC1=O. The first-order chi connectivity index (χ1) is 8.20. The lowest BCUT2D eigenvalue weighted by atomic mass is 10.2. The van der Waals surface area contributed by atoms with E-state index in [1.54, 1.807) is 12.1 Å². The zero-order valence-corrected chi connectivity index (χ0v) is 10.4. The fourth-order valence-corrected chi connectivity index (χ4v) is 2.91. The fourth-order valence-electron chi connectivity index (χ4n) is 2.22. The van der Waals surface area contributed by atoms with Gasteiger partial charge in [0.15, 0.2) is 0 Å². The highest BCUT2D eigenvalue weighted by molar-refractivity contribution is 9.10. The molecule has 5 heteroatoms. The zero-order chi connectivity index (χ0) is 12.0. The van der Waals surface area contributed by atoms with Crippen molar-refractivity contribution in [3.63, 3.8) is 0 Å². The monoisotopic (exact) mass is 289 g/mol. The Labute approximate surface area is 106 Å². The second-order valence-electron chi connectivity index (χ2n) is 3.94. The molecule has 0 aliphatic carbocycles. The lowest BCUT2D eigenvalue weighted by molar-refractivity contribution is 0.0929. The molecule has 0 saturated carbocycles. The Morgan fingerprint density at radius 2 is 2.24 bits per heavy atom. The van der Waals surface area contributed by atoms with Gasteiger partial charge in [-0.2, -0.15) is 5.26 Å². The second-order valence-corrected chi connectivity index (χ2v) is 4.80. The number of rotatable bonds is 0. The molecule has 4 nitrogen and oxygen atoms in total. The summed E-state index contributed by atoms with van der Waals surface area (Å²) in [7, 11) is 0. The van der Waals surface area contributed by atoms with Crippen molar-refractivity contribution in [1.29, 1.82) is 5.26 Å². The molecule has 0 fully saturated rings. The Hall–Kier alpha value is -1.80.